The van der Waals surface area contributed by atoms with E-state index in [9.17, 15) is 12.8 Å². The van der Waals surface area contributed by atoms with Crippen molar-refractivity contribution in [3.63, 3.8) is 0 Å². The maximum atomic E-state index is 13.3. The molecule has 19 heavy (non-hydrogen) atoms. The first-order chi connectivity index (χ1) is 9.09. The van der Waals surface area contributed by atoms with E-state index in [1.54, 1.807) is 48.5 Å². The molecule has 1 N–H and O–H groups in total. The maximum Gasteiger partial charge on any atom is 0.180 e. The van der Waals surface area contributed by atoms with E-state index in [0.717, 1.165) is 0 Å². The Labute approximate surface area is 112 Å². The predicted molar refractivity (Wildman–Crippen MR) is 73.4 cm³/mol. The van der Waals surface area contributed by atoms with E-state index < -0.39 is 9.84 Å². The highest BCUT2D eigenvalue weighted by atomic mass is 32.2. The third kappa shape index (κ3) is 3.54. The second-order valence-corrected chi connectivity index (χ2v) is 6.15. The molecule has 0 saturated carbocycles. The van der Waals surface area contributed by atoms with Gasteiger partial charge in [-0.2, -0.15) is 0 Å². The van der Waals surface area contributed by atoms with Gasteiger partial charge in [0.05, 0.1) is 16.3 Å². The van der Waals surface area contributed by atoms with Crippen LogP contribution in [-0.2, 0) is 9.84 Å². The van der Waals surface area contributed by atoms with Crippen molar-refractivity contribution in [2.45, 2.75) is 4.90 Å². The van der Waals surface area contributed by atoms with Gasteiger partial charge in [0, 0.05) is 6.54 Å². The monoisotopic (exact) mass is 279 g/mol. The van der Waals surface area contributed by atoms with Crippen LogP contribution in [0.2, 0.25) is 0 Å². The molecule has 0 bridgehead atoms. The molecular weight excluding hydrogens is 265 g/mol. The number of halogens is 1. The summed E-state index contributed by atoms with van der Waals surface area (Å²) in [6, 6.07) is 14.4. The van der Waals surface area contributed by atoms with Crippen molar-refractivity contribution in [1.82, 2.24) is 0 Å². The molecule has 0 atom stereocenters. The first-order valence-corrected chi connectivity index (χ1v) is 7.51. The van der Waals surface area contributed by atoms with Crippen molar-refractivity contribution in [1.29, 1.82) is 0 Å². The van der Waals surface area contributed by atoms with E-state index in [4.69, 9.17) is 0 Å². The lowest BCUT2D eigenvalue weighted by Crippen LogP contribution is -2.16. The molecule has 2 aromatic carbocycles. The van der Waals surface area contributed by atoms with Gasteiger partial charge in [-0.3, -0.25) is 0 Å². The van der Waals surface area contributed by atoms with E-state index in [0.29, 0.717) is 5.69 Å². The van der Waals surface area contributed by atoms with Crippen molar-refractivity contribution < 1.29 is 12.8 Å². The van der Waals surface area contributed by atoms with E-state index in [2.05, 4.69) is 5.32 Å². The van der Waals surface area contributed by atoms with E-state index in [1.807, 2.05) is 0 Å². The molecule has 100 valence electrons. The van der Waals surface area contributed by atoms with Gasteiger partial charge in [0.1, 0.15) is 5.82 Å². The first-order valence-electron chi connectivity index (χ1n) is 5.86. The molecule has 0 aliphatic carbocycles. The Bertz CT molecular complexity index is 642. The van der Waals surface area contributed by atoms with Crippen LogP contribution >= 0.6 is 0 Å². The normalized spacial score (nSPS) is 11.2. The smallest absolute Gasteiger partial charge is 0.180 e. The maximum absolute atomic E-state index is 13.3. The SMILES string of the molecule is O=S(=O)(CCNc1ccccc1F)c1ccccc1. The van der Waals surface area contributed by atoms with Crippen LogP contribution in [0.1, 0.15) is 0 Å². The number of anilines is 1. The van der Waals surface area contributed by atoms with Crippen molar-refractivity contribution in [3.8, 4) is 0 Å². The minimum Gasteiger partial charge on any atom is -0.382 e. The molecule has 0 radical (unpaired) electrons. The first kappa shape index (κ1) is 13.5. The van der Waals surface area contributed by atoms with Crippen molar-refractivity contribution in [2.75, 3.05) is 17.6 Å². The van der Waals surface area contributed by atoms with Crippen LogP contribution in [0.3, 0.4) is 0 Å². The Kier molecular flexibility index (Phi) is 4.16. The summed E-state index contributed by atoms with van der Waals surface area (Å²) in [4.78, 5) is 0.283. The van der Waals surface area contributed by atoms with E-state index in [1.165, 1.54) is 6.07 Å². The zero-order valence-corrected chi connectivity index (χ0v) is 11.0. The van der Waals surface area contributed by atoms with Crippen LogP contribution in [-0.4, -0.2) is 20.7 Å². The molecule has 2 aromatic rings. The number of benzene rings is 2. The Balaban J connectivity index is 1.98. The second kappa shape index (κ2) is 5.84. The zero-order valence-electron chi connectivity index (χ0n) is 10.2. The van der Waals surface area contributed by atoms with Gasteiger partial charge in [0.25, 0.3) is 0 Å². The summed E-state index contributed by atoms with van der Waals surface area (Å²) in [5.41, 5.74) is 0.311. The van der Waals surface area contributed by atoms with Gasteiger partial charge in [-0.05, 0) is 24.3 Å². The summed E-state index contributed by atoms with van der Waals surface area (Å²) >= 11 is 0. The van der Waals surface area contributed by atoms with E-state index in [-0.39, 0.29) is 23.0 Å². The molecule has 0 spiro atoms. The molecule has 0 saturated heterocycles. The number of rotatable bonds is 5. The lowest BCUT2D eigenvalue weighted by atomic mass is 10.3. The molecule has 0 heterocycles. The molecule has 0 aliphatic rings. The molecule has 3 nitrogen and oxygen atoms in total. The number of nitrogens with one attached hydrogen (secondary N) is 1. The highest BCUT2D eigenvalue weighted by Gasteiger charge is 2.13. The third-order valence-electron chi connectivity index (χ3n) is 2.66. The topological polar surface area (TPSA) is 46.2 Å². The fourth-order valence-electron chi connectivity index (χ4n) is 1.67. The minimum atomic E-state index is -3.33. The van der Waals surface area contributed by atoms with Crippen LogP contribution in [0, 0.1) is 5.82 Å². The fourth-order valence-corrected chi connectivity index (χ4v) is 2.85. The average Bonchev–Trinajstić information content (AvgIpc) is 2.42. The predicted octanol–water partition coefficient (Wildman–Crippen LogP) is 2.71. The third-order valence-corrected chi connectivity index (χ3v) is 4.39. The van der Waals surface area contributed by atoms with Gasteiger partial charge in [-0.15, -0.1) is 0 Å². The zero-order chi connectivity index (χ0) is 13.7. The fraction of sp³-hybridized carbons (Fsp3) is 0.143. The number of hydrogen-bond acceptors (Lipinski definition) is 3. The lowest BCUT2D eigenvalue weighted by Gasteiger charge is -2.08. The van der Waals surface area contributed by atoms with Gasteiger partial charge < -0.3 is 5.32 Å². The number of para-hydroxylation sites is 1. The summed E-state index contributed by atoms with van der Waals surface area (Å²) < 4.78 is 37.3. The van der Waals surface area contributed by atoms with Crippen LogP contribution in [0.15, 0.2) is 59.5 Å². The quantitative estimate of drug-likeness (QED) is 0.915. The lowest BCUT2D eigenvalue weighted by molar-refractivity contribution is 0.596. The van der Waals surface area contributed by atoms with Gasteiger partial charge in [-0.1, -0.05) is 30.3 Å². The molecule has 5 heteroatoms. The van der Waals surface area contributed by atoms with Crippen molar-refractivity contribution >= 4 is 15.5 Å². The Morgan fingerprint density at radius 3 is 2.26 bits per heavy atom. The number of sulfone groups is 1. The van der Waals surface area contributed by atoms with Gasteiger partial charge >= 0.3 is 0 Å². The summed E-state index contributed by atoms with van der Waals surface area (Å²) in [5.74, 6) is -0.467. The van der Waals surface area contributed by atoms with Gasteiger partial charge in [0.2, 0.25) is 0 Å². The largest absolute Gasteiger partial charge is 0.382 e. The van der Waals surface area contributed by atoms with E-state index >= 15 is 0 Å². The van der Waals surface area contributed by atoms with Crippen LogP contribution < -0.4 is 5.32 Å². The molecule has 0 fully saturated rings. The van der Waals surface area contributed by atoms with Crippen molar-refractivity contribution in [2.24, 2.45) is 0 Å². The molecule has 2 rings (SSSR count). The van der Waals surface area contributed by atoms with Gasteiger partial charge in [-0.25, -0.2) is 12.8 Å². The Morgan fingerprint density at radius 1 is 0.947 bits per heavy atom. The van der Waals surface area contributed by atoms with Crippen LogP contribution in [0.25, 0.3) is 0 Å². The number of hydrogen-bond donors (Lipinski definition) is 1. The second-order valence-electron chi connectivity index (χ2n) is 4.04. The minimum absolute atomic E-state index is 0.0780. The standard InChI is InChI=1S/C14H14FNO2S/c15-13-8-4-5-9-14(13)16-10-11-19(17,18)12-6-2-1-3-7-12/h1-9,16H,10-11H2. The molecule has 0 aromatic heterocycles. The van der Waals surface area contributed by atoms with Gasteiger partial charge in [0.15, 0.2) is 9.84 Å². The average molecular weight is 279 g/mol. The highest BCUT2D eigenvalue weighted by Crippen LogP contribution is 2.13. The summed E-state index contributed by atoms with van der Waals surface area (Å²) in [7, 11) is -3.33. The highest BCUT2D eigenvalue weighted by molar-refractivity contribution is 7.91. The molecule has 0 aliphatic heterocycles. The summed E-state index contributed by atoms with van der Waals surface area (Å²) in [6.45, 7) is 0.165. The molecule has 0 unspecified atom stereocenters. The summed E-state index contributed by atoms with van der Waals surface area (Å²) in [6.07, 6.45) is 0. The van der Waals surface area contributed by atoms with Crippen molar-refractivity contribution in [3.05, 3.63) is 60.4 Å². The van der Waals surface area contributed by atoms with Crippen LogP contribution in [0.5, 0.6) is 0 Å². The van der Waals surface area contributed by atoms with Crippen LogP contribution in [0.4, 0.5) is 10.1 Å². The Hall–Kier alpha value is -1.88. The molecular formula is C14H14FNO2S. The molecule has 0 amide bonds. The summed E-state index contributed by atoms with van der Waals surface area (Å²) in [5, 5.41) is 2.78. The Morgan fingerprint density at radius 2 is 1.58 bits per heavy atom.